The van der Waals surface area contributed by atoms with E-state index in [0.29, 0.717) is 30.2 Å². The molecule has 1 amide bonds. The van der Waals surface area contributed by atoms with Gasteiger partial charge in [0.15, 0.2) is 18.1 Å². The number of rotatable bonds is 10. The van der Waals surface area contributed by atoms with Crippen LogP contribution in [0.1, 0.15) is 62.4 Å². The van der Waals surface area contributed by atoms with Gasteiger partial charge in [0.25, 0.3) is 5.91 Å². The number of carboxylic acid groups (broad SMARTS) is 1. The number of carbonyl (C=O) groups excluding carboxylic acids is 1. The molecule has 6 heteroatoms. The molecule has 2 atom stereocenters. The minimum Gasteiger partial charge on any atom is -0.489 e. The summed E-state index contributed by atoms with van der Waals surface area (Å²) in [6.45, 7) is 7.18. The van der Waals surface area contributed by atoms with Crippen LogP contribution >= 0.6 is 0 Å². The third-order valence-corrected chi connectivity index (χ3v) is 7.12. The normalized spacial score (nSPS) is 18.7. The van der Waals surface area contributed by atoms with E-state index in [9.17, 15) is 9.59 Å². The van der Waals surface area contributed by atoms with Crippen LogP contribution in [-0.4, -0.2) is 47.7 Å². The Bertz CT molecular complexity index is 1240. The van der Waals surface area contributed by atoms with Gasteiger partial charge in [0.05, 0.1) is 12.6 Å². The van der Waals surface area contributed by atoms with Gasteiger partial charge in [-0.25, -0.2) is 4.79 Å². The van der Waals surface area contributed by atoms with Crippen molar-refractivity contribution in [3.8, 4) is 11.5 Å². The van der Waals surface area contributed by atoms with Gasteiger partial charge in [0.2, 0.25) is 0 Å². The minimum absolute atomic E-state index is 0.0196. The summed E-state index contributed by atoms with van der Waals surface area (Å²) in [5, 5.41) is 9.04. The highest BCUT2D eigenvalue weighted by Crippen LogP contribution is 2.39. The average molecular weight is 516 g/mol. The molecule has 2 aliphatic rings. The minimum atomic E-state index is -1.03. The molecule has 2 unspecified atom stereocenters. The van der Waals surface area contributed by atoms with Gasteiger partial charge >= 0.3 is 5.97 Å². The smallest absolute Gasteiger partial charge is 0.341 e. The molecule has 0 fully saturated rings. The maximum absolute atomic E-state index is 13.8. The number of fused-ring (bicyclic) bond motifs is 1. The zero-order chi connectivity index (χ0) is 27.1. The van der Waals surface area contributed by atoms with Crippen LogP contribution in [0.25, 0.3) is 5.57 Å². The molecule has 1 aliphatic carbocycles. The van der Waals surface area contributed by atoms with E-state index >= 15 is 0 Å². The molecule has 2 aromatic carbocycles. The van der Waals surface area contributed by atoms with Crippen molar-refractivity contribution < 1.29 is 24.2 Å². The molecule has 0 radical (unpaired) electrons. The summed E-state index contributed by atoms with van der Waals surface area (Å²) in [5.74, 6) is 0.278. The summed E-state index contributed by atoms with van der Waals surface area (Å²) in [4.78, 5) is 26.9. The fourth-order valence-electron chi connectivity index (χ4n) is 5.53. The standard InChI is InChI=1S/C32H37NO5/c1-4-24-20-22(2)19-23(3)30(24)33(32(36)26-11-6-5-7-12-26)17-9-13-25-14-10-18-37-31-27(25)15-8-16-28(31)38-21-29(34)35/h5-8,11-12,14-16,19-20,23,30H,4,9-10,13,17-18,21H2,1-3H3,(H,34,35). The molecule has 0 bridgehead atoms. The number of aliphatic carboxylic acids is 1. The second-order valence-electron chi connectivity index (χ2n) is 9.94. The first-order valence-corrected chi connectivity index (χ1v) is 13.4. The average Bonchev–Trinajstić information content (AvgIpc) is 3.12. The number of hydrogen-bond donors (Lipinski definition) is 1. The van der Waals surface area contributed by atoms with E-state index < -0.39 is 12.6 Å². The maximum Gasteiger partial charge on any atom is 0.341 e. The van der Waals surface area contributed by atoms with Gasteiger partial charge < -0.3 is 19.5 Å². The van der Waals surface area contributed by atoms with Crippen molar-refractivity contribution in [2.75, 3.05) is 19.8 Å². The summed E-state index contributed by atoms with van der Waals surface area (Å²) in [5.41, 5.74) is 5.29. The van der Waals surface area contributed by atoms with E-state index in [1.165, 1.54) is 11.1 Å². The molecule has 6 nitrogen and oxygen atoms in total. The van der Waals surface area contributed by atoms with Crippen molar-refractivity contribution in [1.82, 2.24) is 4.90 Å². The summed E-state index contributed by atoms with van der Waals surface area (Å²) in [6.07, 6.45) is 9.87. The molecule has 0 saturated carbocycles. The van der Waals surface area contributed by atoms with E-state index in [4.69, 9.17) is 14.6 Å². The predicted octanol–water partition coefficient (Wildman–Crippen LogP) is 6.54. The summed E-state index contributed by atoms with van der Waals surface area (Å²) >= 11 is 0. The Morgan fingerprint density at radius 2 is 1.92 bits per heavy atom. The van der Waals surface area contributed by atoms with Crippen molar-refractivity contribution in [3.63, 3.8) is 0 Å². The molecule has 1 aliphatic heterocycles. The number of amides is 1. The van der Waals surface area contributed by atoms with Crippen molar-refractivity contribution >= 4 is 17.4 Å². The third-order valence-electron chi connectivity index (χ3n) is 7.12. The van der Waals surface area contributed by atoms with E-state index in [1.807, 2.05) is 42.5 Å². The Labute approximate surface area is 225 Å². The number of hydrogen-bond acceptors (Lipinski definition) is 4. The lowest BCUT2D eigenvalue weighted by Crippen LogP contribution is -2.46. The molecule has 200 valence electrons. The predicted molar refractivity (Wildman–Crippen MR) is 149 cm³/mol. The van der Waals surface area contributed by atoms with Gasteiger partial charge in [0.1, 0.15) is 0 Å². The molecule has 2 aromatic rings. The molecule has 4 rings (SSSR count). The van der Waals surface area contributed by atoms with Crippen molar-refractivity contribution in [1.29, 1.82) is 0 Å². The first-order valence-electron chi connectivity index (χ1n) is 13.4. The monoisotopic (exact) mass is 515 g/mol. The maximum atomic E-state index is 13.8. The van der Waals surface area contributed by atoms with Crippen LogP contribution in [0.4, 0.5) is 0 Å². The summed E-state index contributed by atoms with van der Waals surface area (Å²) in [6, 6.07) is 15.1. The number of nitrogens with zero attached hydrogens (tertiary/aromatic N) is 1. The van der Waals surface area contributed by atoms with Crippen molar-refractivity contribution in [2.24, 2.45) is 5.92 Å². The number of carbonyl (C=O) groups is 2. The molecule has 0 saturated heterocycles. The van der Waals surface area contributed by atoms with Crippen molar-refractivity contribution in [2.45, 2.75) is 52.5 Å². The highest BCUT2D eigenvalue weighted by atomic mass is 16.5. The Balaban J connectivity index is 1.56. The van der Waals surface area contributed by atoms with E-state index in [2.05, 4.69) is 43.9 Å². The summed E-state index contributed by atoms with van der Waals surface area (Å²) in [7, 11) is 0. The van der Waals surface area contributed by atoms with Gasteiger partial charge in [0, 0.05) is 24.1 Å². The van der Waals surface area contributed by atoms with Gasteiger partial charge in [-0.15, -0.1) is 0 Å². The fourth-order valence-corrected chi connectivity index (χ4v) is 5.53. The second-order valence-corrected chi connectivity index (χ2v) is 9.94. The number of benzene rings is 2. The van der Waals surface area contributed by atoms with Crippen LogP contribution in [0.15, 0.2) is 77.9 Å². The zero-order valence-corrected chi connectivity index (χ0v) is 22.5. The van der Waals surface area contributed by atoms with Crippen LogP contribution in [0.5, 0.6) is 11.5 Å². The quantitative estimate of drug-likeness (QED) is 0.389. The Kier molecular flexibility index (Phi) is 9.06. The van der Waals surface area contributed by atoms with E-state index in [0.717, 1.165) is 36.8 Å². The molecule has 0 aromatic heterocycles. The number of ether oxygens (including phenoxy) is 2. The Morgan fingerprint density at radius 1 is 1.13 bits per heavy atom. The van der Waals surface area contributed by atoms with E-state index in [1.54, 1.807) is 6.07 Å². The first-order chi connectivity index (χ1) is 18.4. The third kappa shape index (κ3) is 6.36. The SMILES string of the molecule is CCC1=CC(C)=CC(C)C1N(CCCC1=CCCOc2c(OCC(=O)O)cccc21)C(=O)c1ccccc1. The Hall–Kier alpha value is -3.80. The molecule has 1 N–H and O–H groups in total. The van der Waals surface area contributed by atoms with Crippen LogP contribution < -0.4 is 9.47 Å². The van der Waals surface area contributed by atoms with Gasteiger partial charge in [-0.1, -0.05) is 68.0 Å². The topological polar surface area (TPSA) is 76.1 Å². The van der Waals surface area contributed by atoms with Crippen LogP contribution in [0, 0.1) is 5.92 Å². The largest absolute Gasteiger partial charge is 0.489 e. The van der Waals surface area contributed by atoms with Crippen LogP contribution in [-0.2, 0) is 4.79 Å². The van der Waals surface area contributed by atoms with Crippen molar-refractivity contribution in [3.05, 3.63) is 89.0 Å². The lowest BCUT2D eigenvalue weighted by Gasteiger charge is -2.39. The number of para-hydroxylation sites is 1. The summed E-state index contributed by atoms with van der Waals surface area (Å²) < 4.78 is 11.5. The highest BCUT2D eigenvalue weighted by molar-refractivity contribution is 5.94. The van der Waals surface area contributed by atoms with Gasteiger partial charge in [-0.3, -0.25) is 4.79 Å². The lowest BCUT2D eigenvalue weighted by atomic mass is 9.84. The molecule has 0 spiro atoms. The second kappa shape index (κ2) is 12.6. The fraction of sp³-hybridized carbons (Fsp3) is 0.375. The molecular weight excluding hydrogens is 478 g/mol. The Morgan fingerprint density at radius 3 is 2.66 bits per heavy atom. The molecular formula is C32H37NO5. The first kappa shape index (κ1) is 27.2. The number of carboxylic acids is 1. The molecule has 1 heterocycles. The lowest BCUT2D eigenvalue weighted by molar-refractivity contribution is -0.139. The van der Waals surface area contributed by atoms with E-state index in [-0.39, 0.29) is 17.9 Å². The van der Waals surface area contributed by atoms with Gasteiger partial charge in [-0.2, -0.15) is 0 Å². The zero-order valence-electron chi connectivity index (χ0n) is 22.5. The number of allylic oxidation sites excluding steroid dienone is 3. The van der Waals surface area contributed by atoms with Gasteiger partial charge in [-0.05, 0) is 61.4 Å². The highest BCUT2D eigenvalue weighted by Gasteiger charge is 2.32. The van der Waals surface area contributed by atoms with Crippen LogP contribution in [0.2, 0.25) is 0 Å². The van der Waals surface area contributed by atoms with Crippen LogP contribution in [0.3, 0.4) is 0 Å². The molecule has 38 heavy (non-hydrogen) atoms.